The Kier molecular flexibility index (Phi) is 10.00. The van der Waals surface area contributed by atoms with Gasteiger partial charge in [0.2, 0.25) is 0 Å². The van der Waals surface area contributed by atoms with E-state index < -0.39 is 0 Å². The third kappa shape index (κ3) is 7.71. The summed E-state index contributed by atoms with van der Waals surface area (Å²) in [6, 6.07) is 6.06. The van der Waals surface area contributed by atoms with Crippen LogP contribution in [0.4, 0.5) is 0 Å². The van der Waals surface area contributed by atoms with Gasteiger partial charge in [-0.1, -0.05) is 45.1 Å². The van der Waals surface area contributed by atoms with Gasteiger partial charge in [0.15, 0.2) is 11.5 Å². The Bertz CT molecular complexity index is 528. The zero-order valence-electron chi connectivity index (χ0n) is 17.3. The molecular formula is C23H39NO3. The van der Waals surface area contributed by atoms with Gasteiger partial charge in [0.1, 0.15) is 0 Å². The number of hydrogen-bond acceptors (Lipinski definition) is 4. The van der Waals surface area contributed by atoms with Gasteiger partial charge < -0.3 is 19.8 Å². The number of unbranched alkanes of at least 4 members (excludes halogenated alkanes) is 4. The number of aromatic hydroxyl groups is 1. The second-order valence-corrected chi connectivity index (χ2v) is 8.03. The maximum atomic E-state index is 10.6. The molecule has 154 valence electrons. The highest BCUT2D eigenvalue weighted by Gasteiger charge is 2.24. The first-order valence-electron chi connectivity index (χ1n) is 10.9. The minimum atomic E-state index is -0.188. The molecule has 1 fully saturated rings. The van der Waals surface area contributed by atoms with Gasteiger partial charge in [0, 0.05) is 6.04 Å². The number of hydrogen-bond donors (Lipinski definition) is 2. The molecule has 1 aliphatic heterocycles. The van der Waals surface area contributed by atoms with E-state index in [4.69, 9.17) is 4.74 Å². The molecule has 0 bridgehead atoms. The van der Waals surface area contributed by atoms with Crippen molar-refractivity contribution in [3.63, 3.8) is 0 Å². The average Bonchev–Trinajstić information content (AvgIpc) is 3.20. The predicted octanol–water partition coefficient (Wildman–Crippen LogP) is 4.91. The first kappa shape index (κ1) is 22.0. The van der Waals surface area contributed by atoms with E-state index in [0.717, 1.165) is 45.2 Å². The molecule has 0 radical (unpaired) electrons. The van der Waals surface area contributed by atoms with Crippen LogP contribution < -0.4 is 4.74 Å². The predicted molar refractivity (Wildman–Crippen MR) is 112 cm³/mol. The number of rotatable bonds is 13. The van der Waals surface area contributed by atoms with Crippen LogP contribution in [0.15, 0.2) is 18.2 Å². The maximum Gasteiger partial charge on any atom is 0.160 e. The Morgan fingerprint density at radius 2 is 1.81 bits per heavy atom. The molecule has 2 rings (SSSR count). The summed E-state index contributed by atoms with van der Waals surface area (Å²) in [6.45, 7) is 4.55. The van der Waals surface area contributed by atoms with Crippen LogP contribution in [-0.4, -0.2) is 47.5 Å². The van der Waals surface area contributed by atoms with Crippen LogP contribution in [0.25, 0.3) is 0 Å². The zero-order chi connectivity index (χ0) is 19.5. The lowest BCUT2D eigenvalue weighted by molar-refractivity contribution is 0.100. The molecule has 2 unspecified atom stereocenters. The molecule has 0 amide bonds. The van der Waals surface area contributed by atoms with Gasteiger partial charge in [0.05, 0.1) is 13.2 Å². The van der Waals surface area contributed by atoms with E-state index in [9.17, 15) is 10.2 Å². The molecule has 1 heterocycles. The van der Waals surface area contributed by atoms with Gasteiger partial charge in [-0.2, -0.15) is 0 Å². The van der Waals surface area contributed by atoms with E-state index in [1.165, 1.54) is 44.1 Å². The largest absolute Gasteiger partial charge is 0.504 e. The van der Waals surface area contributed by atoms with Crippen LogP contribution in [0.5, 0.6) is 11.5 Å². The van der Waals surface area contributed by atoms with Crippen molar-refractivity contribution < 1.29 is 14.9 Å². The van der Waals surface area contributed by atoms with E-state index in [1.54, 1.807) is 13.2 Å². The van der Waals surface area contributed by atoms with E-state index in [0.29, 0.717) is 11.8 Å². The number of methoxy groups -OCH3 is 1. The summed E-state index contributed by atoms with van der Waals surface area (Å²) in [5.41, 5.74) is 1.18. The van der Waals surface area contributed by atoms with Crippen molar-refractivity contribution in [1.82, 2.24) is 4.90 Å². The summed E-state index contributed by atoms with van der Waals surface area (Å²) in [4.78, 5) is 2.57. The van der Waals surface area contributed by atoms with Crippen molar-refractivity contribution in [2.45, 2.75) is 89.7 Å². The van der Waals surface area contributed by atoms with Gasteiger partial charge in [-0.3, -0.25) is 0 Å². The fraction of sp³-hybridized carbons (Fsp3) is 0.739. The zero-order valence-corrected chi connectivity index (χ0v) is 17.3. The second-order valence-electron chi connectivity index (χ2n) is 8.03. The Morgan fingerprint density at radius 1 is 1.07 bits per heavy atom. The highest BCUT2D eigenvalue weighted by Crippen LogP contribution is 2.28. The van der Waals surface area contributed by atoms with E-state index >= 15 is 0 Å². The fourth-order valence-electron chi connectivity index (χ4n) is 4.18. The topological polar surface area (TPSA) is 52.9 Å². The van der Waals surface area contributed by atoms with Crippen LogP contribution in [0, 0.1) is 0 Å². The van der Waals surface area contributed by atoms with E-state index in [2.05, 4.69) is 11.8 Å². The normalized spacial score (nSPS) is 17.1. The maximum absolute atomic E-state index is 10.6. The molecule has 1 aliphatic rings. The van der Waals surface area contributed by atoms with Crippen molar-refractivity contribution in [2.24, 2.45) is 0 Å². The number of aliphatic hydroxyl groups excluding tert-OH is 1. The Labute approximate surface area is 165 Å². The molecular weight excluding hydrogens is 338 g/mol. The Balaban J connectivity index is 1.84. The minimum Gasteiger partial charge on any atom is -0.504 e. The molecule has 4 heteroatoms. The van der Waals surface area contributed by atoms with Crippen molar-refractivity contribution in [3.8, 4) is 11.5 Å². The first-order chi connectivity index (χ1) is 13.1. The first-order valence-corrected chi connectivity index (χ1v) is 10.9. The lowest BCUT2D eigenvalue weighted by Crippen LogP contribution is -2.36. The van der Waals surface area contributed by atoms with Crippen molar-refractivity contribution in [1.29, 1.82) is 0 Å². The summed E-state index contributed by atoms with van der Waals surface area (Å²) in [7, 11) is 1.59. The highest BCUT2D eigenvalue weighted by atomic mass is 16.5. The number of likely N-dealkylation sites (tertiary alicyclic amines) is 1. The van der Waals surface area contributed by atoms with Crippen molar-refractivity contribution in [3.05, 3.63) is 23.8 Å². The summed E-state index contributed by atoms with van der Waals surface area (Å²) < 4.78 is 5.23. The molecule has 27 heavy (non-hydrogen) atoms. The van der Waals surface area contributed by atoms with Crippen molar-refractivity contribution >= 4 is 0 Å². The molecule has 2 N–H and O–H groups in total. The van der Waals surface area contributed by atoms with E-state index in [1.807, 2.05) is 12.1 Å². The molecule has 4 nitrogen and oxygen atoms in total. The Hall–Kier alpha value is -1.26. The van der Waals surface area contributed by atoms with Crippen LogP contribution in [-0.2, 0) is 6.42 Å². The van der Waals surface area contributed by atoms with Crippen LogP contribution in [0.1, 0.15) is 76.7 Å². The fourth-order valence-corrected chi connectivity index (χ4v) is 4.18. The quantitative estimate of drug-likeness (QED) is 0.480. The standard InChI is InChI=1S/C23H39NO3/c1-3-4-5-6-7-10-21(25)18-20(24-15-8-9-16-24)13-11-19-12-14-22(26)23(17-19)27-2/h12,14,17,20-21,25-26H,3-11,13,15-16,18H2,1-2H3. The van der Waals surface area contributed by atoms with Gasteiger partial charge in [-0.15, -0.1) is 0 Å². The van der Waals surface area contributed by atoms with Gasteiger partial charge in [0.25, 0.3) is 0 Å². The number of phenols is 1. The number of aryl methyl sites for hydroxylation is 1. The van der Waals surface area contributed by atoms with Crippen molar-refractivity contribution in [2.75, 3.05) is 20.2 Å². The van der Waals surface area contributed by atoms with Gasteiger partial charge in [-0.05, 0) is 69.3 Å². The second kappa shape index (κ2) is 12.2. The third-order valence-corrected chi connectivity index (χ3v) is 5.85. The number of benzene rings is 1. The third-order valence-electron chi connectivity index (χ3n) is 5.85. The molecule has 0 aliphatic carbocycles. The number of nitrogens with zero attached hydrogens (tertiary/aromatic N) is 1. The minimum absolute atomic E-state index is 0.188. The monoisotopic (exact) mass is 377 g/mol. The Morgan fingerprint density at radius 3 is 2.52 bits per heavy atom. The summed E-state index contributed by atoms with van der Waals surface area (Å²) in [5, 5.41) is 20.3. The summed E-state index contributed by atoms with van der Waals surface area (Å²) in [6.07, 6.45) is 12.4. The van der Waals surface area contributed by atoms with Gasteiger partial charge >= 0.3 is 0 Å². The lowest BCUT2D eigenvalue weighted by Gasteiger charge is -2.29. The molecule has 0 spiro atoms. The SMILES string of the molecule is CCCCCCCC(O)CC(CCc1ccc(O)c(OC)c1)N1CCCC1. The number of ether oxygens (including phenoxy) is 1. The lowest BCUT2D eigenvalue weighted by atomic mass is 9.96. The average molecular weight is 378 g/mol. The van der Waals surface area contributed by atoms with E-state index in [-0.39, 0.29) is 11.9 Å². The number of aliphatic hydroxyl groups is 1. The molecule has 0 saturated carbocycles. The smallest absolute Gasteiger partial charge is 0.160 e. The van der Waals surface area contributed by atoms with Crippen LogP contribution in [0.3, 0.4) is 0 Å². The molecule has 1 saturated heterocycles. The summed E-state index contributed by atoms with van der Waals surface area (Å²) >= 11 is 0. The molecule has 1 aromatic rings. The van der Waals surface area contributed by atoms with Crippen LogP contribution in [0.2, 0.25) is 0 Å². The summed E-state index contributed by atoms with van der Waals surface area (Å²) in [5.74, 6) is 0.730. The van der Waals surface area contributed by atoms with Crippen LogP contribution >= 0.6 is 0 Å². The number of phenolic OH excluding ortho intramolecular Hbond substituents is 1. The van der Waals surface area contributed by atoms with Gasteiger partial charge in [-0.25, -0.2) is 0 Å². The highest BCUT2D eigenvalue weighted by molar-refractivity contribution is 5.41. The molecule has 1 aromatic carbocycles. The molecule has 0 aromatic heterocycles. The molecule has 2 atom stereocenters.